The molecule has 0 unspecified atom stereocenters. The molecule has 0 spiro atoms. The molecule has 1 aliphatic rings. The number of carboxylic acids is 1. The summed E-state index contributed by atoms with van der Waals surface area (Å²) in [7, 11) is -3.37. The van der Waals surface area contributed by atoms with Crippen LogP contribution < -0.4 is 10.0 Å². The van der Waals surface area contributed by atoms with Crippen LogP contribution in [0.4, 0.5) is 0 Å². The normalized spacial score (nSPS) is 14.8. The monoisotopic (exact) mass is 354 g/mol. The van der Waals surface area contributed by atoms with E-state index in [0.717, 1.165) is 19.3 Å². The molecule has 0 atom stereocenters. The Bertz CT molecular complexity index is 681. The number of rotatable bonds is 9. The quantitative estimate of drug-likeness (QED) is 0.606. The van der Waals surface area contributed by atoms with Gasteiger partial charge in [0.2, 0.25) is 15.9 Å². The molecule has 1 fully saturated rings. The van der Waals surface area contributed by atoms with E-state index in [1.54, 1.807) is 12.1 Å². The summed E-state index contributed by atoms with van der Waals surface area (Å²) in [6.07, 6.45) is 3.38. The Labute approximate surface area is 141 Å². The maximum absolute atomic E-state index is 11.8. The van der Waals surface area contributed by atoms with Gasteiger partial charge in [-0.05, 0) is 36.5 Å². The molecular formula is C16H22N2O5S. The number of nitrogens with one attached hydrogen (secondary N) is 2. The molecule has 0 bridgehead atoms. The second-order valence-corrected chi connectivity index (χ2v) is 7.92. The summed E-state index contributed by atoms with van der Waals surface area (Å²) in [5.74, 6) is -1.02. The van der Waals surface area contributed by atoms with Crippen molar-refractivity contribution >= 4 is 21.9 Å². The van der Waals surface area contributed by atoms with Gasteiger partial charge in [0.1, 0.15) is 0 Å². The first kappa shape index (κ1) is 18.4. The smallest absolute Gasteiger partial charge is 0.335 e. The van der Waals surface area contributed by atoms with Gasteiger partial charge in [0, 0.05) is 13.1 Å². The van der Waals surface area contributed by atoms with Gasteiger partial charge in [-0.25, -0.2) is 17.9 Å². The highest BCUT2D eigenvalue weighted by atomic mass is 32.2. The molecular weight excluding hydrogens is 332 g/mol. The van der Waals surface area contributed by atoms with Crippen molar-refractivity contribution in [2.75, 3.05) is 18.8 Å². The zero-order chi connectivity index (χ0) is 17.6. The summed E-state index contributed by atoms with van der Waals surface area (Å²) in [6, 6.07) is 6.00. The van der Waals surface area contributed by atoms with Gasteiger partial charge in [-0.2, -0.15) is 0 Å². The van der Waals surface area contributed by atoms with Crippen LogP contribution in [0.2, 0.25) is 0 Å². The summed E-state index contributed by atoms with van der Waals surface area (Å²) in [5.41, 5.74) is 0.825. The fourth-order valence-corrected chi connectivity index (χ4v) is 3.36. The Hall–Kier alpha value is -1.93. The summed E-state index contributed by atoms with van der Waals surface area (Å²) in [5, 5.41) is 11.4. The third-order valence-corrected chi connectivity index (χ3v) is 5.42. The Kier molecular flexibility index (Phi) is 6.33. The maximum Gasteiger partial charge on any atom is 0.335 e. The first-order valence-electron chi connectivity index (χ1n) is 7.92. The summed E-state index contributed by atoms with van der Waals surface area (Å²) in [6.45, 7) is 0.526. The van der Waals surface area contributed by atoms with Crippen molar-refractivity contribution < 1.29 is 23.1 Å². The first-order valence-corrected chi connectivity index (χ1v) is 9.57. The van der Waals surface area contributed by atoms with Crippen molar-refractivity contribution in [3.05, 3.63) is 35.4 Å². The molecule has 1 aromatic carbocycles. The van der Waals surface area contributed by atoms with Crippen molar-refractivity contribution in [1.29, 1.82) is 0 Å². The van der Waals surface area contributed by atoms with Crippen LogP contribution >= 0.6 is 0 Å². The van der Waals surface area contributed by atoms with Crippen molar-refractivity contribution in [3.8, 4) is 0 Å². The molecule has 0 aromatic heterocycles. The molecule has 0 radical (unpaired) electrons. The molecule has 0 heterocycles. The van der Waals surface area contributed by atoms with Crippen LogP contribution in [0.3, 0.4) is 0 Å². The van der Waals surface area contributed by atoms with Gasteiger partial charge < -0.3 is 10.4 Å². The van der Waals surface area contributed by atoms with E-state index in [9.17, 15) is 18.0 Å². The molecule has 1 aromatic rings. The zero-order valence-corrected chi connectivity index (χ0v) is 14.1. The van der Waals surface area contributed by atoms with Crippen LogP contribution in [0.25, 0.3) is 0 Å². The van der Waals surface area contributed by atoms with Crippen LogP contribution in [0.1, 0.15) is 35.2 Å². The summed E-state index contributed by atoms with van der Waals surface area (Å²) < 4.78 is 26.2. The predicted octanol–water partition coefficient (Wildman–Crippen LogP) is 0.763. The second kappa shape index (κ2) is 8.25. The van der Waals surface area contributed by atoms with Gasteiger partial charge in [0.15, 0.2) is 0 Å². The first-order chi connectivity index (χ1) is 11.4. The molecule has 3 N–H and O–H groups in total. The van der Waals surface area contributed by atoms with Gasteiger partial charge in [0.05, 0.1) is 17.7 Å². The number of carboxylic acid groups (broad SMARTS) is 1. The SMILES string of the molecule is O=C(Cc1ccc(C(=O)O)cc1)NCCS(=O)(=O)NCC1CCC1. The van der Waals surface area contributed by atoms with Gasteiger partial charge in [-0.15, -0.1) is 0 Å². The van der Waals surface area contributed by atoms with Crippen molar-refractivity contribution in [2.45, 2.75) is 25.7 Å². The van der Waals surface area contributed by atoms with Gasteiger partial charge in [0.25, 0.3) is 0 Å². The lowest BCUT2D eigenvalue weighted by Gasteiger charge is -2.25. The van der Waals surface area contributed by atoms with Crippen LogP contribution in [0.15, 0.2) is 24.3 Å². The van der Waals surface area contributed by atoms with Crippen LogP contribution in [-0.2, 0) is 21.2 Å². The predicted molar refractivity (Wildman–Crippen MR) is 89.2 cm³/mol. The van der Waals surface area contributed by atoms with E-state index < -0.39 is 16.0 Å². The third-order valence-electron chi connectivity index (χ3n) is 4.08. The van der Waals surface area contributed by atoms with Crippen LogP contribution in [-0.4, -0.2) is 44.2 Å². The standard InChI is InChI=1S/C16H22N2O5S/c19-15(10-12-4-6-14(7-5-12)16(20)21)17-8-9-24(22,23)18-11-13-2-1-3-13/h4-7,13,18H,1-3,8-11H2,(H,17,19)(H,20,21). The fourth-order valence-electron chi connectivity index (χ4n) is 2.35. The zero-order valence-electron chi connectivity index (χ0n) is 13.3. The largest absolute Gasteiger partial charge is 0.478 e. The number of carbonyl (C=O) groups excluding carboxylic acids is 1. The molecule has 8 heteroatoms. The minimum absolute atomic E-state index is 0.0477. The van der Waals surface area contributed by atoms with Gasteiger partial charge in [-0.1, -0.05) is 18.6 Å². The molecule has 0 saturated heterocycles. The Balaban J connectivity index is 1.69. The Morgan fingerprint density at radius 3 is 2.38 bits per heavy atom. The maximum atomic E-state index is 11.8. The van der Waals surface area contributed by atoms with Gasteiger partial charge >= 0.3 is 5.97 Å². The van der Waals surface area contributed by atoms with E-state index in [4.69, 9.17) is 5.11 Å². The van der Waals surface area contributed by atoms with Crippen LogP contribution in [0, 0.1) is 5.92 Å². The lowest BCUT2D eigenvalue weighted by molar-refractivity contribution is -0.120. The highest BCUT2D eigenvalue weighted by molar-refractivity contribution is 7.89. The van der Waals surface area contributed by atoms with E-state index >= 15 is 0 Å². The average molecular weight is 354 g/mol. The number of carbonyl (C=O) groups is 2. The summed E-state index contributed by atoms with van der Waals surface area (Å²) >= 11 is 0. The molecule has 7 nitrogen and oxygen atoms in total. The number of hydrogen-bond acceptors (Lipinski definition) is 4. The van der Waals surface area contributed by atoms with Crippen molar-refractivity contribution in [3.63, 3.8) is 0 Å². The lowest BCUT2D eigenvalue weighted by atomic mass is 9.86. The third kappa shape index (κ3) is 5.93. The highest BCUT2D eigenvalue weighted by Crippen LogP contribution is 2.25. The molecule has 0 aliphatic heterocycles. The van der Waals surface area contributed by atoms with Crippen molar-refractivity contribution in [1.82, 2.24) is 10.0 Å². The Morgan fingerprint density at radius 1 is 1.17 bits per heavy atom. The lowest BCUT2D eigenvalue weighted by Crippen LogP contribution is -2.38. The molecule has 1 amide bonds. The average Bonchev–Trinajstić information content (AvgIpc) is 2.45. The fraction of sp³-hybridized carbons (Fsp3) is 0.500. The molecule has 1 aliphatic carbocycles. The number of benzene rings is 1. The molecule has 132 valence electrons. The second-order valence-electron chi connectivity index (χ2n) is 5.99. The number of aromatic carboxylic acids is 1. The summed E-state index contributed by atoms with van der Waals surface area (Å²) in [4.78, 5) is 22.5. The van der Waals surface area contributed by atoms with Crippen LogP contribution in [0.5, 0.6) is 0 Å². The Morgan fingerprint density at radius 2 is 1.83 bits per heavy atom. The van der Waals surface area contributed by atoms with E-state index in [-0.39, 0.29) is 30.2 Å². The van der Waals surface area contributed by atoms with E-state index in [2.05, 4.69) is 10.0 Å². The highest BCUT2D eigenvalue weighted by Gasteiger charge is 2.20. The number of hydrogen-bond donors (Lipinski definition) is 3. The van der Waals surface area contributed by atoms with E-state index in [1.165, 1.54) is 12.1 Å². The van der Waals surface area contributed by atoms with Gasteiger partial charge in [-0.3, -0.25) is 4.79 Å². The minimum atomic E-state index is -3.37. The topological polar surface area (TPSA) is 113 Å². The number of amides is 1. The molecule has 1 saturated carbocycles. The molecule has 2 rings (SSSR count). The number of sulfonamides is 1. The van der Waals surface area contributed by atoms with E-state index in [1.807, 2.05) is 0 Å². The molecule has 24 heavy (non-hydrogen) atoms. The minimum Gasteiger partial charge on any atom is -0.478 e. The van der Waals surface area contributed by atoms with Crippen molar-refractivity contribution in [2.24, 2.45) is 5.92 Å². The van der Waals surface area contributed by atoms with E-state index in [0.29, 0.717) is 18.0 Å².